The number of halogens is 3. The summed E-state index contributed by atoms with van der Waals surface area (Å²) in [5.41, 5.74) is 1.08. The maximum absolute atomic E-state index is 11.8. The summed E-state index contributed by atoms with van der Waals surface area (Å²) in [6.07, 6.45) is 0. The average Bonchev–Trinajstić information content (AvgIpc) is 2.43. The lowest BCUT2D eigenvalue weighted by Gasteiger charge is -2.12. The molecule has 1 aromatic heterocycles. The summed E-state index contributed by atoms with van der Waals surface area (Å²) < 4.78 is 3.10. The van der Waals surface area contributed by atoms with Crippen molar-refractivity contribution in [3.8, 4) is 5.69 Å². The van der Waals surface area contributed by atoms with Crippen LogP contribution in [0.25, 0.3) is 5.69 Å². The SMILES string of the molecule is Cc1cc(=O)n(-c2c(Cl)cc(Cl)cc2Cl)n1C. The van der Waals surface area contributed by atoms with E-state index in [0.29, 0.717) is 20.8 Å². The van der Waals surface area contributed by atoms with E-state index >= 15 is 0 Å². The molecule has 0 atom stereocenters. The molecule has 3 nitrogen and oxygen atoms in total. The molecule has 0 saturated heterocycles. The summed E-state index contributed by atoms with van der Waals surface area (Å²) >= 11 is 18.0. The lowest BCUT2D eigenvalue weighted by atomic mass is 10.3. The zero-order valence-corrected chi connectivity index (χ0v) is 11.4. The van der Waals surface area contributed by atoms with Gasteiger partial charge in [0, 0.05) is 23.8 Å². The van der Waals surface area contributed by atoms with Crippen LogP contribution in [0, 0.1) is 6.92 Å². The average molecular weight is 292 g/mol. The van der Waals surface area contributed by atoms with Crippen LogP contribution in [-0.4, -0.2) is 9.36 Å². The van der Waals surface area contributed by atoms with Crippen molar-refractivity contribution < 1.29 is 0 Å². The fourth-order valence-electron chi connectivity index (χ4n) is 1.64. The van der Waals surface area contributed by atoms with Crippen LogP contribution in [0.3, 0.4) is 0 Å². The van der Waals surface area contributed by atoms with Gasteiger partial charge >= 0.3 is 0 Å². The van der Waals surface area contributed by atoms with Crippen LogP contribution in [0.1, 0.15) is 5.69 Å². The van der Waals surface area contributed by atoms with Crippen molar-refractivity contribution >= 4 is 34.8 Å². The Morgan fingerprint density at radius 2 is 1.59 bits per heavy atom. The molecule has 90 valence electrons. The van der Waals surface area contributed by atoms with Gasteiger partial charge in [0.25, 0.3) is 5.56 Å². The highest BCUT2D eigenvalue weighted by molar-refractivity contribution is 6.40. The van der Waals surface area contributed by atoms with Gasteiger partial charge in [-0.2, -0.15) is 0 Å². The summed E-state index contributed by atoms with van der Waals surface area (Å²) in [6.45, 7) is 1.83. The van der Waals surface area contributed by atoms with E-state index in [2.05, 4.69) is 0 Å². The predicted molar refractivity (Wildman–Crippen MR) is 70.8 cm³/mol. The van der Waals surface area contributed by atoms with E-state index in [1.54, 1.807) is 23.9 Å². The van der Waals surface area contributed by atoms with E-state index in [1.807, 2.05) is 6.92 Å². The van der Waals surface area contributed by atoms with E-state index in [-0.39, 0.29) is 5.56 Å². The van der Waals surface area contributed by atoms with Gasteiger partial charge in [0.1, 0.15) is 5.69 Å². The van der Waals surface area contributed by atoms with Crippen LogP contribution in [0.4, 0.5) is 0 Å². The fraction of sp³-hybridized carbons (Fsp3) is 0.182. The summed E-state index contributed by atoms with van der Waals surface area (Å²) in [6, 6.07) is 4.62. The molecule has 2 aromatic rings. The monoisotopic (exact) mass is 290 g/mol. The summed E-state index contributed by atoms with van der Waals surface area (Å²) in [5, 5.41) is 1.11. The molecule has 1 heterocycles. The second-order valence-electron chi connectivity index (χ2n) is 3.68. The van der Waals surface area contributed by atoms with Gasteiger partial charge in [-0.3, -0.25) is 9.48 Å². The van der Waals surface area contributed by atoms with Crippen LogP contribution in [0.5, 0.6) is 0 Å². The number of hydrogen-bond acceptors (Lipinski definition) is 1. The van der Waals surface area contributed by atoms with Crippen LogP contribution >= 0.6 is 34.8 Å². The highest BCUT2D eigenvalue weighted by atomic mass is 35.5. The molecule has 1 aromatic carbocycles. The summed E-state index contributed by atoms with van der Waals surface area (Å²) in [5.74, 6) is 0. The molecule has 17 heavy (non-hydrogen) atoms. The second-order valence-corrected chi connectivity index (χ2v) is 4.93. The molecule has 0 bridgehead atoms. The first-order valence-corrected chi connectivity index (χ1v) is 5.96. The van der Waals surface area contributed by atoms with Crippen LogP contribution in [0.2, 0.25) is 15.1 Å². The Bertz CT molecular complexity index is 620. The topological polar surface area (TPSA) is 26.9 Å². The number of rotatable bonds is 1. The third-order valence-electron chi connectivity index (χ3n) is 2.55. The molecule has 0 aliphatic heterocycles. The van der Waals surface area contributed by atoms with E-state index in [0.717, 1.165) is 5.69 Å². The van der Waals surface area contributed by atoms with E-state index in [4.69, 9.17) is 34.8 Å². The van der Waals surface area contributed by atoms with Crippen molar-refractivity contribution in [2.45, 2.75) is 6.92 Å². The maximum atomic E-state index is 11.8. The molecule has 0 fully saturated rings. The van der Waals surface area contributed by atoms with Crippen molar-refractivity contribution in [2.75, 3.05) is 0 Å². The van der Waals surface area contributed by atoms with Crippen molar-refractivity contribution in [3.05, 3.63) is 49.3 Å². The highest BCUT2D eigenvalue weighted by Crippen LogP contribution is 2.31. The Morgan fingerprint density at radius 1 is 1.06 bits per heavy atom. The molecule has 0 radical (unpaired) electrons. The normalized spacial score (nSPS) is 10.9. The fourth-order valence-corrected chi connectivity index (χ4v) is 2.61. The van der Waals surface area contributed by atoms with Gasteiger partial charge in [0.05, 0.1) is 10.0 Å². The standard InChI is InChI=1S/C11H9Cl3N2O/c1-6-3-10(17)16(15(6)2)11-8(13)4-7(12)5-9(11)14/h3-5H,1-2H3. The van der Waals surface area contributed by atoms with Crippen molar-refractivity contribution in [2.24, 2.45) is 7.05 Å². The molecular weight excluding hydrogens is 282 g/mol. The lowest BCUT2D eigenvalue weighted by molar-refractivity contribution is 0.630. The number of nitrogens with zero attached hydrogens (tertiary/aromatic N) is 2. The Balaban J connectivity index is 2.82. The molecule has 0 amide bonds. The minimum atomic E-state index is -0.184. The first kappa shape index (κ1) is 12.6. The first-order valence-electron chi connectivity index (χ1n) is 4.82. The molecular formula is C11H9Cl3N2O. The Morgan fingerprint density at radius 3 is 2.00 bits per heavy atom. The van der Waals surface area contributed by atoms with Crippen molar-refractivity contribution in [1.29, 1.82) is 0 Å². The number of benzene rings is 1. The molecule has 0 spiro atoms. The highest BCUT2D eigenvalue weighted by Gasteiger charge is 2.15. The van der Waals surface area contributed by atoms with Crippen molar-refractivity contribution in [1.82, 2.24) is 9.36 Å². The largest absolute Gasteiger partial charge is 0.285 e. The van der Waals surface area contributed by atoms with Crippen LogP contribution in [-0.2, 0) is 7.05 Å². The second kappa shape index (κ2) is 4.41. The molecule has 0 unspecified atom stereocenters. The van der Waals surface area contributed by atoms with Gasteiger partial charge in [-0.25, -0.2) is 4.68 Å². The minimum absolute atomic E-state index is 0.184. The van der Waals surface area contributed by atoms with Gasteiger partial charge < -0.3 is 0 Å². The van der Waals surface area contributed by atoms with Gasteiger partial charge in [-0.1, -0.05) is 34.8 Å². The summed E-state index contributed by atoms with van der Waals surface area (Å²) in [4.78, 5) is 11.8. The molecule has 0 saturated carbocycles. The molecule has 2 rings (SSSR count). The number of hydrogen-bond donors (Lipinski definition) is 0. The number of aromatic nitrogens is 2. The zero-order chi connectivity index (χ0) is 12.7. The Hall–Kier alpha value is -0.900. The van der Waals surface area contributed by atoms with Crippen LogP contribution in [0.15, 0.2) is 23.0 Å². The molecule has 0 aliphatic rings. The predicted octanol–water partition coefficient (Wildman–Crippen LogP) is 3.44. The maximum Gasteiger partial charge on any atom is 0.271 e. The third kappa shape index (κ3) is 2.10. The smallest absolute Gasteiger partial charge is 0.271 e. The minimum Gasteiger partial charge on any atom is -0.285 e. The molecule has 6 heteroatoms. The lowest BCUT2D eigenvalue weighted by Crippen LogP contribution is -2.20. The van der Waals surface area contributed by atoms with Gasteiger partial charge in [0.15, 0.2) is 0 Å². The Labute approximate surface area is 113 Å². The Kier molecular flexibility index (Phi) is 3.25. The quantitative estimate of drug-likeness (QED) is 0.790. The van der Waals surface area contributed by atoms with E-state index < -0.39 is 0 Å². The number of aryl methyl sites for hydroxylation is 1. The zero-order valence-electron chi connectivity index (χ0n) is 9.17. The van der Waals surface area contributed by atoms with E-state index in [1.165, 1.54) is 10.7 Å². The van der Waals surface area contributed by atoms with Gasteiger partial charge in [-0.05, 0) is 19.1 Å². The van der Waals surface area contributed by atoms with Gasteiger partial charge in [-0.15, -0.1) is 0 Å². The molecule has 0 N–H and O–H groups in total. The van der Waals surface area contributed by atoms with E-state index in [9.17, 15) is 4.79 Å². The third-order valence-corrected chi connectivity index (χ3v) is 3.34. The van der Waals surface area contributed by atoms with Gasteiger partial charge in [0.2, 0.25) is 0 Å². The van der Waals surface area contributed by atoms with Crippen LogP contribution < -0.4 is 5.56 Å². The molecule has 0 aliphatic carbocycles. The first-order chi connectivity index (χ1) is 7.91. The summed E-state index contributed by atoms with van der Waals surface area (Å²) in [7, 11) is 1.76. The van der Waals surface area contributed by atoms with Crippen molar-refractivity contribution in [3.63, 3.8) is 0 Å².